The number of benzene rings is 1. The molecule has 0 aliphatic heterocycles. The average molecular weight is 218 g/mol. The van der Waals surface area contributed by atoms with E-state index in [1.807, 2.05) is 17.6 Å². The Bertz CT molecular complexity index is 370. The van der Waals surface area contributed by atoms with Gasteiger partial charge in [-0.2, -0.15) is 0 Å². The van der Waals surface area contributed by atoms with Crippen LogP contribution in [0, 0.1) is 0 Å². The molecule has 2 rings (SSSR count). The molecule has 0 saturated carbocycles. The minimum absolute atomic E-state index is 0.937. The Morgan fingerprint density at radius 2 is 2.07 bits per heavy atom. The van der Waals surface area contributed by atoms with Crippen LogP contribution in [0.2, 0.25) is 0 Å². The minimum atomic E-state index is 0.937. The number of thiazole rings is 1. The second-order valence-corrected chi connectivity index (χ2v) is 4.32. The Morgan fingerprint density at radius 3 is 2.80 bits per heavy atom. The van der Waals surface area contributed by atoms with Crippen LogP contribution in [0.5, 0.6) is 0 Å². The van der Waals surface area contributed by atoms with Crippen molar-refractivity contribution in [3.8, 4) is 0 Å². The second-order valence-electron chi connectivity index (χ2n) is 3.34. The lowest BCUT2D eigenvalue weighted by Gasteiger charge is -2.02. The van der Waals surface area contributed by atoms with Gasteiger partial charge in [0.05, 0.1) is 5.01 Å². The highest BCUT2D eigenvalue weighted by atomic mass is 32.1. The molecule has 0 spiro atoms. The van der Waals surface area contributed by atoms with Gasteiger partial charge in [-0.25, -0.2) is 4.98 Å². The molecule has 1 N–H and O–H groups in total. The normalized spacial score (nSPS) is 10.4. The number of nitrogens with zero attached hydrogens (tertiary/aromatic N) is 1. The first-order valence-corrected chi connectivity index (χ1v) is 5.96. The molecule has 0 aliphatic rings. The number of rotatable bonds is 5. The molecule has 2 nitrogen and oxygen atoms in total. The van der Waals surface area contributed by atoms with Crippen LogP contribution in [0.4, 0.5) is 0 Å². The van der Waals surface area contributed by atoms with Crippen molar-refractivity contribution in [3.63, 3.8) is 0 Å². The van der Waals surface area contributed by atoms with E-state index in [4.69, 9.17) is 0 Å². The Kier molecular flexibility index (Phi) is 3.88. The van der Waals surface area contributed by atoms with Gasteiger partial charge in [0.2, 0.25) is 0 Å². The second kappa shape index (κ2) is 5.63. The van der Waals surface area contributed by atoms with Crippen molar-refractivity contribution in [2.75, 3.05) is 6.54 Å². The van der Waals surface area contributed by atoms with Gasteiger partial charge in [-0.05, 0) is 5.56 Å². The largest absolute Gasteiger partial charge is 0.312 e. The third-order valence-electron chi connectivity index (χ3n) is 2.17. The van der Waals surface area contributed by atoms with Crippen molar-refractivity contribution in [1.29, 1.82) is 0 Å². The predicted octanol–water partition coefficient (Wildman–Crippen LogP) is 2.48. The quantitative estimate of drug-likeness (QED) is 0.780. The molecule has 0 fully saturated rings. The summed E-state index contributed by atoms with van der Waals surface area (Å²) < 4.78 is 0. The van der Waals surface area contributed by atoms with Crippen molar-refractivity contribution in [2.24, 2.45) is 0 Å². The van der Waals surface area contributed by atoms with E-state index >= 15 is 0 Å². The van der Waals surface area contributed by atoms with E-state index in [0.29, 0.717) is 0 Å². The van der Waals surface area contributed by atoms with E-state index in [1.165, 1.54) is 10.6 Å². The number of hydrogen-bond donors (Lipinski definition) is 1. The fourth-order valence-corrected chi connectivity index (χ4v) is 2.02. The monoisotopic (exact) mass is 218 g/mol. The Balaban J connectivity index is 1.68. The lowest BCUT2D eigenvalue weighted by atomic mass is 10.2. The van der Waals surface area contributed by atoms with Crippen molar-refractivity contribution in [3.05, 3.63) is 52.5 Å². The van der Waals surface area contributed by atoms with Crippen LogP contribution in [0.3, 0.4) is 0 Å². The third kappa shape index (κ3) is 3.46. The lowest BCUT2D eigenvalue weighted by molar-refractivity contribution is 0.685. The lowest BCUT2D eigenvalue weighted by Crippen LogP contribution is -2.16. The molecule has 0 aliphatic carbocycles. The molecule has 1 aromatic carbocycles. The molecule has 1 heterocycles. The van der Waals surface area contributed by atoms with Gasteiger partial charge >= 0.3 is 0 Å². The maximum Gasteiger partial charge on any atom is 0.0937 e. The summed E-state index contributed by atoms with van der Waals surface area (Å²) in [6.45, 7) is 1.93. The van der Waals surface area contributed by atoms with Crippen LogP contribution in [0.25, 0.3) is 0 Å². The first kappa shape index (κ1) is 10.3. The highest BCUT2D eigenvalue weighted by molar-refractivity contribution is 7.09. The fraction of sp³-hybridized carbons (Fsp3) is 0.250. The van der Waals surface area contributed by atoms with E-state index in [2.05, 4.69) is 34.6 Å². The van der Waals surface area contributed by atoms with E-state index in [-0.39, 0.29) is 0 Å². The van der Waals surface area contributed by atoms with Crippen molar-refractivity contribution < 1.29 is 0 Å². The van der Waals surface area contributed by atoms with E-state index in [1.54, 1.807) is 11.3 Å². The molecular formula is C12H14N2S. The van der Waals surface area contributed by atoms with Gasteiger partial charge in [0.25, 0.3) is 0 Å². The van der Waals surface area contributed by atoms with Gasteiger partial charge in [0.15, 0.2) is 0 Å². The molecule has 0 unspecified atom stereocenters. The average Bonchev–Trinajstić information content (AvgIpc) is 2.79. The van der Waals surface area contributed by atoms with Crippen LogP contribution in [0.1, 0.15) is 10.6 Å². The third-order valence-corrected chi connectivity index (χ3v) is 3.01. The standard InChI is InChI=1S/C12H14N2S/c1-2-4-11(5-3-1)10-13-7-6-12-14-8-9-15-12/h1-5,8-9,13H,6-7,10H2. The van der Waals surface area contributed by atoms with Crippen LogP contribution in [-0.4, -0.2) is 11.5 Å². The minimum Gasteiger partial charge on any atom is -0.312 e. The van der Waals surface area contributed by atoms with E-state index in [0.717, 1.165) is 19.5 Å². The van der Waals surface area contributed by atoms with Crippen LogP contribution >= 0.6 is 11.3 Å². The summed E-state index contributed by atoms with van der Waals surface area (Å²) >= 11 is 1.72. The zero-order valence-corrected chi connectivity index (χ0v) is 9.33. The van der Waals surface area contributed by atoms with Gasteiger partial charge in [0, 0.05) is 31.1 Å². The predicted molar refractivity (Wildman–Crippen MR) is 64.0 cm³/mol. The fourth-order valence-electron chi connectivity index (χ4n) is 1.40. The Hall–Kier alpha value is -1.19. The molecule has 2 aromatic rings. The summed E-state index contributed by atoms with van der Waals surface area (Å²) in [5.74, 6) is 0. The van der Waals surface area contributed by atoms with Crippen molar-refractivity contribution in [2.45, 2.75) is 13.0 Å². The summed E-state index contributed by atoms with van der Waals surface area (Å²) in [5, 5.41) is 6.63. The molecular weight excluding hydrogens is 204 g/mol. The van der Waals surface area contributed by atoms with Gasteiger partial charge in [-0.1, -0.05) is 30.3 Å². The Morgan fingerprint density at radius 1 is 1.20 bits per heavy atom. The maximum absolute atomic E-state index is 4.24. The summed E-state index contributed by atoms with van der Waals surface area (Å²) in [6.07, 6.45) is 2.88. The van der Waals surface area contributed by atoms with Crippen LogP contribution < -0.4 is 5.32 Å². The van der Waals surface area contributed by atoms with E-state index in [9.17, 15) is 0 Å². The summed E-state index contributed by atoms with van der Waals surface area (Å²) in [4.78, 5) is 4.24. The number of hydrogen-bond acceptors (Lipinski definition) is 3. The molecule has 78 valence electrons. The molecule has 0 radical (unpaired) electrons. The smallest absolute Gasteiger partial charge is 0.0937 e. The summed E-state index contributed by atoms with van der Waals surface area (Å²) in [6, 6.07) is 10.4. The molecule has 0 saturated heterocycles. The Labute approximate surface area is 94.0 Å². The zero-order valence-electron chi connectivity index (χ0n) is 8.52. The summed E-state index contributed by atoms with van der Waals surface area (Å²) in [7, 11) is 0. The highest BCUT2D eigenvalue weighted by Gasteiger charge is 1.95. The molecule has 1 aromatic heterocycles. The van der Waals surface area contributed by atoms with Crippen LogP contribution in [-0.2, 0) is 13.0 Å². The molecule has 0 atom stereocenters. The first-order chi connectivity index (χ1) is 7.45. The number of aromatic nitrogens is 1. The molecule has 15 heavy (non-hydrogen) atoms. The van der Waals surface area contributed by atoms with Gasteiger partial charge in [-0.15, -0.1) is 11.3 Å². The van der Waals surface area contributed by atoms with Crippen molar-refractivity contribution in [1.82, 2.24) is 10.3 Å². The van der Waals surface area contributed by atoms with Gasteiger partial charge < -0.3 is 5.32 Å². The zero-order chi connectivity index (χ0) is 10.3. The van der Waals surface area contributed by atoms with Crippen molar-refractivity contribution >= 4 is 11.3 Å². The topological polar surface area (TPSA) is 24.9 Å². The number of nitrogens with one attached hydrogen (secondary N) is 1. The summed E-state index contributed by atoms with van der Waals surface area (Å²) in [5.41, 5.74) is 1.33. The van der Waals surface area contributed by atoms with Crippen LogP contribution in [0.15, 0.2) is 41.9 Å². The SMILES string of the molecule is c1ccc(CNCCc2nccs2)cc1. The molecule has 3 heteroatoms. The highest BCUT2D eigenvalue weighted by Crippen LogP contribution is 2.03. The van der Waals surface area contributed by atoms with Gasteiger partial charge in [0.1, 0.15) is 0 Å². The van der Waals surface area contributed by atoms with E-state index < -0.39 is 0 Å². The first-order valence-electron chi connectivity index (χ1n) is 5.08. The molecule has 0 amide bonds. The maximum atomic E-state index is 4.24. The molecule has 0 bridgehead atoms. The van der Waals surface area contributed by atoms with Gasteiger partial charge in [-0.3, -0.25) is 0 Å².